The summed E-state index contributed by atoms with van der Waals surface area (Å²) in [4.78, 5) is 25.2. The number of hydrogen-bond donors (Lipinski definition) is 1. The first-order valence-electron chi connectivity index (χ1n) is 6.44. The molecule has 0 aromatic carbocycles. The number of hydrogen-bond acceptors (Lipinski definition) is 3. The van der Waals surface area contributed by atoms with Gasteiger partial charge in [0.05, 0.1) is 6.10 Å². The molecule has 1 saturated carbocycles. The maximum Gasteiger partial charge on any atom is 0.332 e. The number of rotatable bonds is 4. The van der Waals surface area contributed by atoms with E-state index in [-0.39, 0.29) is 11.9 Å². The van der Waals surface area contributed by atoms with Gasteiger partial charge in [-0.3, -0.25) is 4.79 Å². The van der Waals surface area contributed by atoms with Crippen LogP contribution in [-0.2, 0) is 14.3 Å². The largest absolute Gasteiger partial charge is 0.479 e. The summed E-state index contributed by atoms with van der Waals surface area (Å²) in [5, 5.41) is 9.68. The van der Waals surface area contributed by atoms with Gasteiger partial charge in [0.15, 0.2) is 5.54 Å². The summed E-state index contributed by atoms with van der Waals surface area (Å²) in [6.07, 6.45) is 2.45. The fourth-order valence-electron chi connectivity index (χ4n) is 3.17. The quantitative estimate of drug-likeness (QED) is 0.831. The minimum Gasteiger partial charge on any atom is -0.479 e. The van der Waals surface area contributed by atoms with Crippen molar-refractivity contribution in [3.05, 3.63) is 0 Å². The summed E-state index contributed by atoms with van der Waals surface area (Å²) < 4.78 is 5.38. The fraction of sp³-hybridized carbons (Fsp3) is 0.846. The van der Waals surface area contributed by atoms with Crippen molar-refractivity contribution >= 4 is 11.9 Å². The summed E-state index contributed by atoms with van der Waals surface area (Å²) in [6.45, 7) is 5.10. The van der Waals surface area contributed by atoms with Crippen molar-refractivity contribution in [3.8, 4) is 0 Å². The minimum atomic E-state index is -1.22. The standard InChI is InChI=1S/C13H23NO4/c1-9(2)14(10(3)15)13(12(16)17)8-6-5-7-11(13)18-4/h9,11H,5-8H2,1-4H3,(H,16,17). The summed E-state index contributed by atoms with van der Waals surface area (Å²) >= 11 is 0. The second kappa shape index (κ2) is 5.69. The normalized spacial score (nSPS) is 28.2. The maximum atomic E-state index is 11.9. The Morgan fingerprint density at radius 1 is 1.39 bits per heavy atom. The van der Waals surface area contributed by atoms with Gasteiger partial charge in [0.25, 0.3) is 0 Å². The zero-order chi connectivity index (χ0) is 13.9. The number of nitrogens with zero attached hydrogens (tertiary/aromatic N) is 1. The van der Waals surface area contributed by atoms with Gasteiger partial charge in [-0.25, -0.2) is 4.79 Å². The maximum absolute atomic E-state index is 11.9. The molecule has 0 saturated heterocycles. The number of methoxy groups -OCH3 is 1. The molecule has 2 unspecified atom stereocenters. The van der Waals surface area contributed by atoms with Crippen LogP contribution in [0.5, 0.6) is 0 Å². The third-order valence-corrected chi connectivity index (χ3v) is 3.75. The van der Waals surface area contributed by atoms with E-state index in [9.17, 15) is 14.7 Å². The molecule has 0 radical (unpaired) electrons. The van der Waals surface area contributed by atoms with Gasteiger partial charge < -0.3 is 14.7 Å². The Bertz CT molecular complexity index is 329. The highest BCUT2D eigenvalue weighted by molar-refractivity contribution is 5.87. The molecule has 1 fully saturated rings. The molecule has 1 aliphatic rings. The summed E-state index contributed by atoms with van der Waals surface area (Å²) in [7, 11) is 1.52. The topological polar surface area (TPSA) is 66.8 Å². The van der Waals surface area contributed by atoms with E-state index < -0.39 is 17.6 Å². The van der Waals surface area contributed by atoms with Crippen LogP contribution >= 0.6 is 0 Å². The summed E-state index contributed by atoms with van der Waals surface area (Å²) in [5.41, 5.74) is -1.22. The Balaban J connectivity index is 3.26. The van der Waals surface area contributed by atoms with Gasteiger partial charge in [0, 0.05) is 20.1 Å². The number of amides is 1. The number of ether oxygens (including phenoxy) is 1. The van der Waals surface area contributed by atoms with Gasteiger partial charge in [-0.15, -0.1) is 0 Å². The molecular formula is C13H23NO4. The van der Waals surface area contributed by atoms with Gasteiger partial charge in [-0.05, 0) is 26.7 Å². The first-order valence-corrected chi connectivity index (χ1v) is 6.44. The van der Waals surface area contributed by atoms with Crippen molar-refractivity contribution in [1.82, 2.24) is 4.90 Å². The fourth-order valence-corrected chi connectivity index (χ4v) is 3.17. The lowest BCUT2D eigenvalue weighted by molar-refractivity contribution is -0.177. The number of carbonyl (C=O) groups excluding carboxylic acids is 1. The van der Waals surface area contributed by atoms with Crippen LogP contribution in [0.25, 0.3) is 0 Å². The zero-order valence-corrected chi connectivity index (χ0v) is 11.6. The third-order valence-electron chi connectivity index (χ3n) is 3.75. The third kappa shape index (κ3) is 2.36. The van der Waals surface area contributed by atoms with E-state index in [0.717, 1.165) is 12.8 Å². The Kier molecular flexibility index (Phi) is 4.73. The predicted octanol–water partition coefficient (Wildman–Crippen LogP) is 1.66. The molecule has 104 valence electrons. The average Bonchev–Trinajstić information content (AvgIpc) is 2.28. The molecule has 0 heterocycles. The molecule has 1 rings (SSSR count). The Labute approximate surface area is 108 Å². The van der Waals surface area contributed by atoms with E-state index >= 15 is 0 Å². The van der Waals surface area contributed by atoms with Gasteiger partial charge in [0.2, 0.25) is 5.91 Å². The lowest BCUT2D eigenvalue weighted by atomic mass is 9.76. The van der Waals surface area contributed by atoms with Crippen LogP contribution in [0, 0.1) is 0 Å². The van der Waals surface area contributed by atoms with Crippen LogP contribution < -0.4 is 0 Å². The summed E-state index contributed by atoms with van der Waals surface area (Å²) in [5.74, 6) is -1.17. The molecular weight excluding hydrogens is 234 g/mol. The number of carboxylic acids is 1. The molecule has 0 aromatic heterocycles. The average molecular weight is 257 g/mol. The first kappa shape index (κ1) is 15.0. The molecule has 5 nitrogen and oxygen atoms in total. The molecule has 0 aliphatic heterocycles. The molecule has 0 spiro atoms. The highest BCUT2D eigenvalue weighted by atomic mass is 16.5. The van der Waals surface area contributed by atoms with Crippen LogP contribution in [-0.4, -0.2) is 46.7 Å². The molecule has 1 amide bonds. The van der Waals surface area contributed by atoms with Crippen molar-refractivity contribution in [1.29, 1.82) is 0 Å². The van der Waals surface area contributed by atoms with Gasteiger partial charge in [-0.2, -0.15) is 0 Å². The van der Waals surface area contributed by atoms with Crippen LogP contribution in [0.3, 0.4) is 0 Å². The number of carbonyl (C=O) groups is 2. The Morgan fingerprint density at radius 3 is 2.39 bits per heavy atom. The molecule has 2 atom stereocenters. The van der Waals surface area contributed by atoms with Crippen molar-refractivity contribution in [2.45, 2.75) is 64.1 Å². The van der Waals surface area contributed by atoms with Crippen molar-refractivity contribution in [3.63, 3.8) is 0 Å². The SMILES string of the molecule is COC1CCCCC1(C(=O)O)N(C(C)=O)C(C)C. The Hall–Kier alpha value is -1.10. The predicted molar refractivity (Wildman–Crippen MR) is 67.3 cm³/mol. The lowest BCUT2D eigenvalue weighted by Crippen LogP contribution is -2.66. The minimum absolute atomic E-state index is 0.158. The van der Waals surface area contributed by atoms with Crippen LogP contribution in [0.4, 0.5) is 0 Å². The molecule has 5 heteroatoms. The van der Waals surface area contributed by atoms with Crippen molar-refractivity contribution in [2.24, 2.45) is 0 Å². The number of carboxylic acid groups (broad SMARTS) is 1. The van der Waals surface area contributed by atoms with Crippen molar-refractivity contribution < 1.29 is 19.4 Å². The monoisotopic (exact) mass is 257 g/mol. The summed E-state index contributed by atoms with van der Waals surface area (Å²) in [6, 6.07) is -0.158. The molecule has 1 aliphatic carbocycles. The second-order valence-electron chi connectivity index (χ2n) is 5.18. The molecule has 0 aromatic rings. The Morgan fingerprint density at radius 2 is 2.00 bits per heavy atom. The van der Waals surface area contributed by atoms with E-state index in [2.05, 4.69) is 0 Å². The second-order valence-corrected chi connectivity index (χ2v) is 5.18. The van der Waals surface area contributed by atoms with Crippen LogP contribution in [0.15, 0.2) is 0 Å². The van der Waals surface area contributed by atoms with E-state index in [1.54, 1.807) is 0 Å². The highest BCUT2D eigenvalue weighted by Crippen LogP contribution is 2.37. The van der Waals surface area contributed by atoms with E-state index in [4.69, 9.17) is 4.74 Å². The zero-order valence-electron chi connectivity index (χ0n) is 11.6. The smallest absolute Gasteiger partial charge is 0.332 e. The van der Waals surface area contributed by atoms with E-state index in [1.807, 2.05) is 13.8 Å². The van der Waals surface area contributed by atoms with E-state index in [1.165, 1.54) is 18.9 Å². The van der Waals surface area contributed by atoms with Crippen molar-refractivity contribution in [2.75, 3.05) is 7.11 Å². The first-order chi connectivity index (χ1) is 8.37. The van der Waals surface area contributed by atoms with Gasteiger partial charge in [-0.1, -0.05) is 12.8 Å². The lowest BCUT2D eigenvalue weighted by Gasteiger charge is -2.48. The number of aliphatic carboxylic acids is 1. The van der Waals surface area contributed by atoms with Gasteiger partial charge in [0.1, 0.15) is 0 Å². The highest BCUT2D eigenvalue weighted by Gasteiger charge is 2.54. The molecule has 18 heavy (non-hydrogen) atoms. The van der Waals surface area contributed by atoms with Crippen LogP contribution in [0.1, 0.15) is 46.5 Å². The molecule has 1 N–H and O–H groups in total. The van der Waals surface area contributed by atoms with E-state index in [0.29, 0.717) is 12.8 Å². The van der Waals surface area contributed by atoms with Gasteiger partial charge >= 0.3 is 5.97 Å². The van der Waals surface area contributed by atoms with Crippen LogP contribution in [0.2, 0.25) is 0 Å². The molecule has 0 bridgehead atoms.